The summed E-state index contributed by atoms with van der Waals surface area (Å²) in [5.74, 6) is -1.62. The van der Waals surface area contributed by atoms with Gasteiger partial charge in [0.25, 0.3) is 0 Å². The van der Waals surface area contributed by atoms with E-state index in [4.69, 9.17) is 37.4 Å². The van der Waals surface area contributed by atoms with Gasteiger partial charge in [0.15, 0.2) is 29.8 Å². The summed E-state index contributed by atoms with van der Waals surface area (Å²) in [5, 5.41) is 0. The number of nitrogens with zero attached hydrogens (tertiary/aromatic N) is 2. The van der Waals surface area contributed by atoms with Crippen LogP contribution in [0.25, 0.3) is 0 Å². The zero-order valence-electron chi connectivity index (χ0n) is 14.1. The lowest BCUT2D eigenvalue weighted by Crippen LogP contribution is -2.28. The second kappa shape index (κ2) is 8.11. The molecule has 0 spiro atoms. The average Bonchev–Trinajstić information content (AvgIpc) is 2.72. The lowest BCUT2D eigenvalue weighted by atomic mass is 10.1. The van der Waals surface area contributed by atoms with Crippen LogP contribution in [0.2, 0.25) is 0 Å². The third-order valence-electron chi connectivity index (χ3n) is 3.21. The van der Waals surface area contributed by atoms with E-state index >= 15 is 0 Å². The van der Waals surface area contributed by atoms with Gasteiger partial charge in [0.05, 0.1) is 0 Å². The first kappa shape index (κ1) is 24.6. The molecule has 2 heterocycles. The van der Waals surface area contributed by atoms with Crippen molar-refractivity contribution in [3.8, 4) is 0 Å². The molecule has 3 unspecified atom stereocenters. The Labute approximate surface area is 165 Å². The quantitative estimate of drug-likeness (QED) is 0.264. The van der Waals surface area contributed by atoms with Crippen LogP contribution in [-0.4, -0.2) is 41.1 Å². The highest BCUT2D eigenvalue weighted by molar-refractivity contribution is 7.71. The molecule has 29 heavy (non-hydrogen) atoms. The minimum absolute atomic E-state index is 0.392. The molecule has 1 fully saturated rings. The molecule has 1 aliphatic heterocycles. The first-order valence-corrected chi connectivity index (χ1v) is 12.0. The van der Waals surface area contributed by atoms with Crippen molar-refractivity contribution in [2.45, 2.75) is 31.5 Å². The summed E-state index contributed by atoms with van der Waals surface area (Å²) < 4.78 is 79.1. The third-order valence-corrected chi connectivity index (χ3v) is 7.35. The van der Waals surface area contributed by atoms with Crippen molar-refractivity contribution in [1.29, 1.82) is 0 Å². The summed E-state index contributed by atoms with van der Waals surface area (Å²) in [5.41, 5.74) is 2.86. The van der Waals surface area contributed by atoms with Crippen LogP contribution in [0.1, 0.15) is 19.6 Å². The smallest absolute Gasteiger partial charge is 0.381 e. The molecule has 0 aromatic carbocycles. The molecule has 1 saturated heterocycles. The number of nitrogens with two attached hydrogens (primary N) is 1. The fraction of sp³-hybridized carbons (Fsp3) is 0.556. The molecule has 0 radical (unpaired) electrons. The Morgan fingerprint density at radius 1 is 1.31 bits per heavy atom. The van der Waals surface area contributed by atoms with Crippen LogP contribution in [0.3, 0.4) is 0 Å². The van der Waals surface area contributed by atoms with Gasteiger partial charge in [-0.05, 0) is 19.1 Å². The summed E-state index contributed by atoms with van der Waals surface area (Å²) in [6, 6.07) is 0. The van der Waals surface area contributed by atoms with Gasteiger partial charge in [-0.25, -0.2) is 22.5 Å². The molecule has 14 nitrogen and oxygen atoms in total. The third kappa shape index (κ3) is 6.66. The Kier molecular flexibility index (Phi) is 6.88. The van der Waals surface area contributed by atoms with E-state index < -0.39 is 64.5 Å². The van der Waals surface area contributed by atoms with Gasteiger partial charge >= 0.3 is 23.5 Å². The highest BCUT2D eigenvalue weighted by Crippen LogP contribution is 2.67. The number of hydrogen-bond donors (Lipinski definition) is 5. The maximum absolute atomic E-state index is 14.9. The van der Waals surface area contributed by atoms with Crippen molar-refractivity contribution in [1.82, 2.24) is 9.55 Å². The molecule has 0 saturated carbocycles. The number of phosphoric acid groups is 3. The zero-order chi connectivity index (χ0) is 22.4. The van der Waals surface area contributed by atoms with Crippen LogP contribution >= 0.6 is 35.7 Å². The van der Waals surface area contributed by atoms with E-state index in [1.165, 1.54) is 0 Å². The van der Waals surface area contributed by atoms with Gasteiger partial charge in [0.2, 0.25) is 4.77 Å². The number of alkyl halides is 1. The minimum Gasteiger partial charge on any atom is -0.381 e. The number of rotatable bonds is 7. The maximum atomic E-state index is 14.9. The van der Waals surface area contributed by atoms with Gasteiger partial charge in [0, 0.05) is 12.6 Å². The fourth-order valence-electron chi connectivity index (χ4n) is 2.25. The molecule has 5 atom stereocenters. The van der Waals surface area contributed by atoms with Crippen LogP contribution in [-0.2, 0) is 31.6 Å². The Balaban J connectivity index is 2.19. The Bertz CT molecular complexity index is 1000. The molecule has 6 N–H and O–H groups in total. The highest BCUT2D eigenvalue weighted by Gasteiger charge is 2.51. The monoisotopic (exact) mass is 503 g/mol. The van der Waals surface area contributed by atoms with Gasteiger partial charge in [-0.2, -0.15) is 13.6 Å². The molecule has 1 aromatic heterocycles. The van der Waals surface area contributed by atoms with E-state index in [0.717, 1.165) is 11.5 Å². The number of anilines is 1. The Hall–Kier alpha value is -0.670. The number of ether oxygens (including phenoxy) is 1. The summed E-state index contributed by atoms with van der Waals surface area (Å²) in [4.78, 5) is 39.0. The molecular weight excluding hydrogens is 489 g/mol. The number of phosphoric ester groups is 1. The van der Waals surface area contributed by atoms with E-state index in [2.05, 4.69) is 18.1 Å². The second-order valence-corrected chi connectivity index (χ2v) is 10.5. The lowest BCUT2D eigenvalue weighted by molar-refractivity contribution is -0.120. The average molecular weight is 503 g/mol. The number of halogens is 2. The molecule has 0 amide bonds. The SMILES string of the molecule is CC1(F)C[C@@H](OP(=O)(O)OP(=O)(O)OP(=O)(O)O)O[C@H]1n1cc(F)c(N)nc1=S. The van der Waals surface area contributed by atoms with Crippen molar-refractivity contribution in [2.24, 2.45) is 0 Å². The molecule has 20 heteroatoms. The maximum Gasteiger partial charge on any atom is 0.490 e. The van der Waals surface area contributed by atoms with Crippen LogP contribution in [0, 0.1) is 10.6 Å². The van der Waals surface area contributed by atoms with Gasteiger partial charge in [-0.15, -0.1) is 0 Å². The normalized spacial score (nSPS) is 29.3. The molecule has 1 aromatic rings. The van der Waals surface area contributed by atoms with E-state index in [1.807, 2.05) is 0 Å². The number of aromatic nitrogens is 2. The Morgan fingerprint density at radius 3 is 2.45 bits per heavy atom. The van der Waals surface area contributed by atoms with Crippen molar-refractivity contribution in [2.75, 3.05) is 5.73 Å². The molecule has 1 aliphatic rings. The lowest BCUT2D eigenvalue weighted by Gasteiger charge is -2.23. The standard InChI is InChI=1S/C9H14F2N3O11P3S/c1-9(11)2-5(22-7(9)14-3-4(10)6(12)13-8(14)29)23-27(18,19)25-28(20,21)24-26(15,16)17/h3,5,7H,2H2,1H3,(H,18,19)(H,20,21)(H2,12,13,29)(H2,15,16,17)/t5-,7-,9?/m1/s1. The fourth-order valence-corrected chi connectivity index (χ4v) is 5.58. The Morgan fingerprint density at radius 2 is 1.90 bits per heavy atom. The zero-order valence-corrected chi connectivity index (χ0v) is 17.6. The molecular formula is C9H14F2N3O11P3S. The molecule has 2 rings (SSSR count). The largest absolute Gasteiger partial charge is 0.490 e. The van der Waals surface area contributed by atoms with E-state index in [1.54, 1.807) is 0 Å². The first-order valence-electron chi connectivity index (χ1n) is 7.11. The highest BCUT2D eigenvalue weighted by atomic mass is 32.1. The van der Waals surface area contributed by atoms with Crippen molar-refractivity contribution in [3.05, 3.63) is 16.8 Å². The summed E-state index contributed by atoms with van der Waals surface area (Å²) in [6.45, 7) is 0.952. The number of hydrogen-bond acceptors (Lipinski definition) is 10. The summed E-state index contributed by atoms with van der Waals surface area (Å²) >= 11 is 4.84. The number of nitrogen functional groups attached to an aromatic ring is 1. The first-order chi connectivity index (χ1) is 12.9. The predicted molar refractivity (Wildman–Crippen MR) is 90.4 cm³/mol. The van der Waals surface area contributed by atoms with Crippen molar-refractivity contribution < 1.29 is 59.9 Å². The topological polar surface area (TPSA) is 213 Å². The van der Waals surface area contributed by atoms with E-state index in [0.29, 0.717) is 6.20 Å². The second-order valence-electron chi connectivity index (χ2n) is 5.76. The van der Waals surface area contributed by atoms with Gasteiger partial charge < -0.3 is 30.0 Å². The summed E-state index contributed by atoms with van der Waals surface area (Å²) in [7, 11) is -16.9. The van der Waals surface area contributed by atoms with Crippen LogP contribution < -0.4 is 5.73 Å². The van der Waals surface area contributed by atoms with Crippen molar-refractivity contribution in [3.63, 3.8) is 0 Å². The van der Waals surface area contributed by atoms with E-state index in [-0.39, 0.29) is 0 Å². The van der Waals surface area contributed by atoms with Crippen LogP contribution in [0.4, 0.5) is 14.6 Å². The predicted octanol–water partition coefficient (Wildman–Crippen LogP) is 1.65. The summed E-state index contributed by atoms with van der Waals surface area (Å²) in [6.07, 6.45) is -3.70. The van der Waals surface area contributed by atoms with E-state index in [9.17, 15) is 27.4 Å². The van der Waals surface area contributed by atoms with Gasteiger partial charge in [-0.1, -0.05) is 0 Å². The minimum atomic E-state index is -5.76. The molecule has 166 valence electrons. The van der Waals surface area contributed by atoms with Crippen molar-refractivity contribution >= 4 is 41.5 Å². The molecule has 0 aliphatic carbocycles. The van der Waals surface area contributed by atoms with Crippen LogP contribution in [0.5, 0.6) is 0 Å². The van der Waals surface area contributed by atoms with Gasteiger partial charge in [-0.3, -0.25) is 9.09 Å². The van der Waals surface area contributed by atoms with Gasteiger partial charge in [0.1, 0.15) is 0 Å². The van der Waals surface area contributed by atoms with Crippen LogP contribution in [0.15, 0.2) is 6.20 Å². The molecule has 0 bridgehead atoms.